The van der Waals surface area contributed by atoms with E-state index in [1.165, 1.54) is 24.8 Å². The number of nitrogens with two attached hydrogens (primary N) is 1. The molecule has 1 atom stereocenters. The van der Waals surface area contributed by atoms with Crippen molar-refractivity contribution in [1.82, 2.24) is 0 Å². The van der Waals surface area contributed by atoms with E-state index in [1.807, 2.05) is 0 Å². The second kappa shape index (κ2) is 3.02. The average molecular weight is 125 g/mol. The first kappa shape index (κ1) is 6.81. The SMILES string of the molecule is CC1C=C(CN)CCC1. The Balaban J connectivity index is 2.49. The molecule has 1 rings (SSSR count). The van der Waals surface area contributed by atoms with E-state index in [0.717, 1.165) is 12.5 Å². The van der Waals surface area contributed by atoms with Crippen LogP contribution in [0.3, 0.4) is 0 Å². The van der Waals surface area contributed by atoms with Gasteiger partial charge in [-0.15, -0.1) is 0 Å². The molecule has 1 unspecified atom stereocenters. The molecule has 0 fully saturated rings. The van der Waals surface area contributed by atoms with Crippen molar-refractivity contribution in [2.45, 2.75) is 26.2 Å². The van der Waals surface area contributed by atoms with Crippen molar-refractivity contribution in [2.75, 3.05) is 6.54 Å². The van der Waals surface area contributed by atoms with Crippen molar-refractivity contribution in [2.24, 2.45) is 11.7 Å². The Morgan fingerprint density at radius 3 is 3.00 bits per heavy atom. The Kier molecular flexibility index (Phi) is 2.29. The van der Waals surface area contributed by atoms with Gasteiger partial charge in [0.1, 0.15) is 0 Å². The number of allylic oxidation sites excluding steroid dienone is 1. The zero-order valence-corrected chi connectivity index (χ0v) is 6.06. The smallest absolute Gasteiger partial charge is 0.0136 e. The van der Waals surface area contributed by atoms with Gasteiger partial charge in [0, 0.05) is 6.54 Å². The van der Waals surface area contributed by atoms with E-state index >= 15 is 0 Å². The average Bonchev–Trinajstić information content (AvgIpc) is 1.88. The Bertz CT molecular complexity index is 116. The molecule has 0 aromatic rings. The fourth-order valence-electron chi connectivity index (χ4n) is 1.39. The maximum atomic E-state index is 5.50. The summed E-state index contributed by atoms with van der Waals surface area (Å²) in [5, 5.41) is 0. The van der Waals surface area contributed by atoms with E-state index in [0.29, 0.717) is 0 Å². The lowest BCUT2D eigenvalue weighted by atomic mass is 9.92. The first-order valence-corrected chi connectivity index (χ1v) is 3.72. The molecule has 0 saturated heterocycles. The quantitative estimate of drug-likeness (QED) is 0.530. The van der Waals surface area contributed by atoms with E-state index in [1.54, 1.807) is 0 Å². The van der Waals surface area contributed by atoms with Crippen molar-refractivity contribution >= 4 is 0 Å². The van der Waals surface area contributed by atoms with Crippen LogP contribution in [0.25, 0.3) is 0 Å². The van der Waals surface area contributed by atoms with Crippen LogP contribution in [0.15, 0.2) is 11.6 Å². The summed E-state index contributed by atoms with van der Waals surface area (Å²) in [7, 11) is 0. The van der Waals surface area contributed by atoms with Gasteiger partial charge in [0.2, 0.25) is 0 Å². The number of rotatable bonds is 1. The molecule has 1 nitrogen and oxygen atoms in total. The van der Waals surface area contributed by atoms with Gasteiger partial charge in [-0.25, -0.2) is 0 Å². The van der Waals surface area contributed by atoms with E-state index in [9.17, 15) is 0 Å². The Morgan fingerprint density at radius 2 is 2.56 bits per heavy atom. The third kappa shape index (κ3) is 1.83. The summed E-state index contributed by atoms with van der Waals surface area (Å²) in [6.07, 6.45) is 6.25. The standard InChI is InChI=1S/C8H15N/c1-7-3-2-4-8(5-7)6-9/h5,7H,2-4,6,9H2,1H3. The molecule has 52 valence electrons. The van der Waals surface area contributed by atoms with Crippen molar-refractivity contribution in [1.29, 1.82) is 0 Å². The molecular formula is C8H15N. The highest BCUT2D eigenvalue weighted by molar-refractivity contribution is 5.08. The van der Waals surface area contributed by atoms with Crippen molar-refractivity contribution < 1.29 is 0 Å². The predicted octanol–water partition coefficient (Wildman–Crippen LogP) is 1.69. The minimum atomic E-state index is 0.768. The van der Waals surface area contributed by atoms with E-state index in [-0.39, 0.29) is 0 Å². The molecule has 0 amide bonds. The summed E-state index contributed by atoms with van der Waals surface area (Å²) in [6, 6.07) is 0. The zero-order valence-electron chi connectivity index (χ0n) is 6.06. The Hall–Kier alpha value is -0.300. The van der Waals surface area contributed by atoms with Crippen molar-refractivity contribution in [3.63, 3.8) is 0 Å². The maximum Gasteiger partial charge on any atom is 0.0136 e. The first-order chi connectivity index (χ1) is 4.33. The highest BCUT2D eigenvalue weighted by atomic mass is 14.5. The summed E-state index contributed by atoms with van der Waals surface area (Å²) in [6.45, 7) is 3.03. The number of hydrogen-bond acceptors (Lipinski definition) is 1. The van der Waals surface area contributed by atoms with Gasteiger partial charge >= 0.3 is 0 Å². The van der Waals surface area contributed by atoms with Gasteiger partial charge in [-0.1, -0.05) is 18.6 Å². The van der Waals surface area contributed by atoms with Crippen LogP contribution in [0.2, 0.25) is 0 Å². The van der Waals surface area contributed by atoms with Gasteiger partial charge in [0.25, 0.3) is 0 Å². The summed E-state index contributed by atoms with van der Waals surface area (Å²) in [4.78, 5) is 0. The fraction of sp³-hybridized carbons (Fsp3) is 0.750. The molecule has 0 aliphatic heterocycles. The monoisotopic (exact) mass is 125 g/mol. The van der Waals surface area contributed by atoms with Crippen LogP contribution in [-0.2, 0) is 0 Å². The van der Waals surface area contributed by atoms with E-state index < -0.39 is 0 Å². The lowest BCUT2D eigenvalue weighted by molar-refractivity contribution is 0.564. The van der Waals surface area contributed by atoms with Gasteiger partial charge in [-0.2, -0.15) is 0 Å². The molecule has 9 heavy (non-hydrogen) atoms. The molecular weight excluding hydrogens is 110 g/mol. The minimum absolute atomic E-state index is 0.768. The van der Waals surface area contributed by atoms with Crippen LogP contribution in [0.5, 0.6) is 0 Å². The van der Waals surface area contributed by atoms with Gasteiger partial charge in [0.15, 0.2) is 0 Å². The first-order valence-electron chi connectivity index (χ1n) is 3.72. The second-order valence-corrected chi connectivity index (χ2v) is 2.90. The lowest BCUT2D eigenvalue weighted by Gasteiger charge is -2.15. The number of hydrogen-bond donors (Lipinski definition) is 1. The molecule has 1 aliphatic rings. The summed E-state index contributed by atoms with van der Waals surface area (Å²) in [5.74, 6) is 0.775. The van der Waals surface area contributed by atoms with Crippen LogP contribution in [0, 0.1) is 5.92 Å². The van der Waals surface area contributed by atoms with Crippen molar-refractivity contribution in [3.05, 3.63) is 11.6 Å². The van der Waals surface area contributed by atoms with E-state index in [4.69, 9.17) is 5.73 Å². The van der Waals surface area contributed by atoms with Crippen LogP contribution in [-0.4, -0.2) is 6.54 Å². The van der Waals surface area contributed by atoms with Gasteiger partial charge in [0.05, 0.1) is 0 Å². The molecule has 0 saturated carbocycles. The van der Waals surface area contributed by atoms with Gasteiger partial charge in [-0.3, -0.25) is 0 Å². The van der Waals surface area contributed by atoms with Crippen LogP contribution < -0.4 is 5.73 Å². The topological polar surface area (TPSA) is 26.0 Å². The normalized spacial score (nSPS) is 27.8. The molecule has 1 heteroatoms. The molecule has 0 aromatic carbocycles. The Labute approximate surface area is 56.9 Å². The second-order valence-electron chi connectivity index (χ2n) is 2.90. The molecule has 2 N–H and O–H groups in total. The largest absolute Gasteiger partial charge is 0.327 e. The molecule has 0 heterocycles. The summed E-state index contributed by atoms with van der Waals surface area (Å²) >= 11 is 0. The summed E-state index contributed by atoms with van der Waals surface area (Å²) < 4.78 is 0. The Morgan fingerprint density at radius 1 is 1.78 bits per heavy atom. The predicted molar refractivity (Wildman–Crippen MR) is 40.2 cm³/mol. The van der Waals surface area contributed by atoms with Crippen LogP contribution in [0.4, 0.5) is 0 Å². The molecule has 0 bridgehead atoms. The van der Waals surface area contributed by atoms with Crippen molar-refractivity contribution in [3.8, 4) is 0 Å². The molecule has 0 spiro atoms. The molecule has 1 aliphatic carbocycles. The highest BCUT2D eigenvalue weighted by Gasteiger charge is 2.06. The third-order valence-electron chi connectivity index (χ3n) is 1.94. The zero-order chi connectivity index (χ0) is 6.69. The van der Waals surface area contributed by atoms with Crippen LogP contribution in [0.1, 0.15) is 26.2 Å². The van der Waals surface area contributed by atoms with Gasteiger partial charge < -0.3 is 5.73 Å². The summed E-state index contributed by atoms with van der Waals surface area (Å²) in [5.41, 5.74) is 6.95. The van der Waals surface area contributed by atoms with Gasteiger partial charge in [-0.05, 0) is 25.2 Å². The minimum Gasteiger partial charge on any atom is -0.327 e. The maximum absolute atomic E-state index is 5.50. The van der Waals surface area contributed by atoms with E-state index in [2.05, 4.69) is 13.0 Å². The third-order valence-corrected chi connectivity index (χ3v) is 1.94. The van der Waals surface area contributed by atoms with Crippen LogP contribution >= 0.6 is 0 Å². The molecule has 0 aromatic heterocycles. The fourth-order valence-corrected chi connectivity index (χ4v) is 1.39. The molecule has 0 radical (unpaired) electrons. The lowest BCUT2D eigenvalue weighted by Crippen LogP contribution is -2.09. The highest BCUT2D eigenvalue weighted by Crippen LogP contribution is 2.20.